The average Bonchev–Trinajstić information content (AvgIpc) is 3.32. The van der Waals surface area contributed by atoms with Gasteiger partial charge in [-0.25, -0.2) is 4.79 Å². The quantitative estimate of drug-likeness (QED) is 0.0842. The molecule has 0 bridgehead atoms. The molecule has 346 valence electrons. The minimum Gasteiger partial charge on any atom is -0.508 e. The molecule has 0 aliphatic carbocycles. The van der Waals surface area contributed by atoms with E-state index in [4.69, 9.17) is 34.5 Å². The maximum atomic E-state index is 11.3. The molecule has 0 radical (unpaired) electrons. The summed E-state index contributed by atoms with van der Waals surface area (Å²) in [6.45, 7) is 8.19. The molecule has 0 spiro atoms. The predicted octanol–water partition coefficient (Wildman–Crippen LogP) is 7.12. The van der Waals surface area contributed by atoms with Crippen LogP contribution in [0.2, 0.25) is 0 Å². The molecule has 0 aromatic heterocycles. The summed E-state index contributed by atoms with van der Waals surface area (Å²) in [5, 5.41) is 21.2. The number of nitrogens with two attached hydrogens (primary N) is 1. The van der Waals surface area contributed by atoms with Gasteiger partial charge in [-0.1, -0.05) is 36.4 Å². The largest absolute Gasteiger partial charge is 0.508 e. The number of fused-ring (bicyclic) bond motifs is 3. The normalized spacial score (nSPS) is 12.7. The number of hydrogen-bond donors (Lipinski definition) is 6. The maximum Gasteiger partial charge on any atom is 0.407 e. The van der Waals surface area contributed by atoms with Crippen molar-refractivity contribution in [2.45, 2.75) is 52.1 Å². The van der Waals surface area contributed by atoms with Crippen molar-refractivity contribution in [3.63, 3.8) is 0 Å². The topological polar surface area (TPSA) is 175 Å². The van der Waals surface area contributed by atoms with Gasteiger partial charge in [-0.3, -0.25) is 4.79 Å². The minimum absolute atomic E-state index is 0. The zero-order chi connectivity index (χ0) is 45.2. The first-order valence-electron chi connectivity index (χ1n) is 21.4. The second-order valence-corrected chi connectivity index (χ2v) is 14.6. The van der Waals surface area contributed by atoms with Crippen LogP contribution >= 0.6 is 17.0 Å². The van der Waals surface area contributed by atoms with Crippen LogP contribution in [0.3, 0.4) is 0 Å². The van der Waals surface area contributed by atoms with Crippen LogP contribution in [0.25, 0.3) is 0 Å². The fraction of sp³-hybridized carbons (Fsp3) is 0.360. The van der Waals surface area contributed by atoms with Crippen molar-refractivity contribution in [3.8, 4) is 28.7 Å². The van der Waals surface area contributed by atoms with Gasteiger partial charge in [0.25, 0.3) is 5.91 Å². The molecule has 14 heteroatoms. The molecule has 3 aliphatic rings. The second-order valence-electron chi connectivity index (χ2n) is 14.6. The third kappa shape index (κ3) is 18.1. The Bertz CT molecular complexity index is 2170. The number of nitrogens with one attached hydrogen (secondary N) is 4. The molecule has 0 fully saturated rings. The van der Waals surface area contributed by atoms with Gasteiger partial charge in [0.2, 0.25) is 0 Å². The van der Waals surface area contributed by atoms with E-state index in [0.29, 0.717) is 25.4 Å². The zero-order valence-electron chi connectivity index (χ0n) is 37.8. The van der Waals surface area contributed by atoms with Crippen LogP contribution in [-0.2, 0) is 49.9 Å². The SMILES string of the molecule is Br.CCOC(=O)NCCc1cccc(OC)c1.COc1ccc2c(c1)CCNC2.COc1ccc2c(c1)CCNC2=O.COc1cccc(CCN)c1.Oc1ccc2c(c1)CCNC2. The summed E-state index contributed by atoms with van der Waals surface area (Å²) in [6, 6.07) is 33.1. The number of methoxy groups -OCH3 is 4. The Kier molecular flexibility index (Phi) is 24.3. The average molecular weight is 945 g/mol. The third-order valence-electron chi connectivity index (χ3n) is 10.3. The van der Waals surface area contributed by atoms with E-state index in [1.54, 1.807) is 41.4 Å². The number of phenolic OH excluding ortho intramolecular Hbond substituents is 1. The van der Waals surface area contributed by atoms with Crippen LogP contribution in [0.1, 0.15) is 56.2 Å². The van der Waals surface area contributed by atoms with Crippen LogP contribution in [-0.4, -0.2) is 84.9 Å². The zero-order valence-corrected chi connectivity index (χ0v) is 39.5. The monoisotopic (exact) mass is 943 g/mol. The lowest BCUT2D eigenvalue weighted by molar-refractivity contribution is 0.0945. The molecular formula is C50H66BrN5O8. The van der Waals surface area contributed by atoms with Gasteiger partial charge in [-0.15, -0.1) is 17.0 Å². The summed E-state index contributed by atoms with van der Waals surface area (Å²) < 4.78 is 25.2. The molecule has 0 unspecified atom stereocenters. The number of amides is 2. The Labute approximate surface area is 389 Å². The first kappa shape index (κ1) is 52.5. The van der Waals surface area contributed by atoms with Crippen LogP contribution in [0.15, 0.2) is 103 Å². The summed E-state index contributed by atoms with van der Waals surface area (Å²) in [5.74, 6) is 3.91. The van der Waals surface area contributed by atoms with Crippen molar-refractivity contribution < 1.29 is 38.4 Å². The summed E-state index contributed by atoms with van der Waals surface area (Å²) >= 11 is 0. The Morgan fingerprint density at radius 3 is 1.73 bits per heavy atom. The third-order valence-corrected chi connectivity index (χ3v) is 10.3. The van der Waals surface area contributed by atoms with Crippen molar-refractivity contribution in [3.05, 3.63) is 148 Å². The van der Waals surface area contributed by atoms with E-state index in [1.165, 1.54) is 27.8 Å². The summed E-state index contributed by atoms with van der Waals surface area (Å²) in [4.78, 5) is 22.3. The Morgan fingerprint density at radius 2 is 1.16 bits per heavy atom. The van der Waals surface area contributed by atoms with E-state index >= 15 is 0 Å². The van der Waals surface area contributed by atoms with Gasteiger partial charge in [0.15, 0.2) is 0 Å². The first-order chi connectivity index (χ1) is 30.7. The number of halogens is 1. The lowest BCUT2D eigenvalue weighted by Gasteiger charge is -2.17. The molecule has 7 N–H and O–H groups in total. The number of alkyl carbamates (subject to hydrolysis) is 1. The van der Waals surface area contributed by atoms with Crippen molar-refractivity contribution in [1.29, 1.82) is 0 Å². The maximum absolute atomic E-state index is 11.3. The Balaban J connectivity index is 0.000000213. The molecule has 5 aromatic carbocycles. The standard InChI is InChI=1S/C12H17NO3.C10H11NO2.C10H13NO.C9H11NO.C9H13NO.BrH/c1-3-16-12(14)13-8-7-10-5-4-6-11(9-10)15-2;1-13-8-2-3-9-7(6-8)4-5-11-10(9)12;1-12-10-3-2-9-7-11-5-4-8(9)6-10;11-9-2-1-8-6-10-4-3-7(8)5-9;1-11-9-4-2-3-8(7-9)5-6-10;/h4-6,9H,3,7-8H2,1-2H3,(H,13,14);2-3,6H,4-5H2,1H3,(H,11,12);2-3,6,11H,4-5,7H2,1H3;1-2,5,10-11H,3-4,6H2;2-4,7H,5-6,10H2,1H3;1H. The van der Waals surface area contributed by atoms with E-state index in [9.17, 15) is 9.59 Å². The number of carbonyl (C=O) groups excluding carboxylic acids is 2. The number of rotatable bonds is 10. The van der Waals surface area contributed by atoms with Crippen molar-refractivity contribution in [1.82, 2.24) is 21.3 Å². The number of ether oxygens (including phenoxy) is 5. The van der Waals surface area contributed by atoms with Crippen molar-refractivity contribution >= 4 is 29.0 Å². The van der Waals surface area contributed by atoms with Crippen LogP contribution in [0.5, 0.6) is 28.7 Å². The van der Waals surface area contributed by atoms with Gasteiger partial charge >= 0.3 is 6.09 Å². The Morgan fingerprint density at radius 1 is 0.641 bits per heavy atom. The second kappa shape index (κ2) is 29.5. The van der Waals surface area contributed by atoms with Gasteiger partial charge in [0.05, 0.1) is 35.0 Å². The molecule has 13 nitrogen and oxygen atoms in total. The lowest BCUT2D eigenvalue weighted by atomic mass is 10.0. The van der Waals surface area contributed by atoms with Crippen LogP contribution in [0, 0.1) is 0 Å². The molecule has 3 heterocycles. The number of phenols is 1. The highest BCUT2D eigenvalue weighted by atomic mass is 79.9. The van der Waals surface area contributed by atoms with Gasteiger partial charge in [-0.05, 0) is 164 Å². The smallest absolute Gasteiger partial charge is 0.407 e. The predicted molar refractivity (Wildman–Crippen MR) is 259 cm³/mol. The van der Waals surface area contributed by atoms with Crippen molar-refractivity contribution in [2.75, 3.05) is 67.8 Å². The molecule has 0 saturated heterocycles. The van der Waals surface area contributed by atoms with Gasteiger partial charge in [-0.2, -0.15) is 0 Å². The molecule has 0 saturated carbocycles. The summed E-state index contributed by atoms with van der Waals surface area (Å²) in [7, 11) is 6.64. The van der Waals surface area contributed by atoms with E-state index in [1.807, 2.05) is 78.9 Å². The van der Waals surface area contributed by atoms with E-state index < -0.39 is 0 Å². The van der Waals surface area contributed by atoms with E-state index in [0.717, 1.165) is 105 Å². The van der Waals surface area contributed by atoms with E-state index in [2.05, 4.69) is 39.5 Å². The van der Waals surface area contributed by atoms with Crippen LogP contribution < -0.4 is 45.9 Å². The van der Waals surface area contributed by atoms with Crippen molar-refractivity contribution in [2.24, 2.45) is 5.73 Å². The highest BCUT2D eigenvalue weighted by Crippen LogP contribution is 2.22. The molecule has 3 aliphatic heterocycles. The fourth-order valence-electron chi connectivity index (χ4n) is 6.89. The highest BCUT2D eigenvalue weighted by Gasteiger charge is 2.16. The number of aromatic hydroxyl groups is 1. The van der Waals surface area contributed by atoms with Gasteiger partial charge < -0.3 is 55.8 Å². The number of hydrogen-bond acceptors (Lipinski definition) is 11. The van der Waals surface area contributed by atoms with E-state index in [-0.39, 0.29) is 29.0 Å². The lowest BCUT2D eigenvalue weighted by Crippen LogP contribution is -2.31. The van der Waals surface area contributed by atoms with Gasteiger partial charge in [0.1, 0.15) is 28.7 Å². The summed E-state index contributed by atoms with van der Waals surface area (Å²) in [6.07, 6.45) is 4.34. The molecule has 0 atom stereocenters. The number of benzene rings is 5. The highest BCUT2D eigenvalue weighted by molar-refractivity contribution is 8.93. The molecule has 8 rings (SSSR count). The molecule has 64 heavy (non-hydrogen) atoms. The van der Waals surface area contributed by atoms with Crippen LogP contribution in [0.4, 0.5) is 4.79 Å². The Hall–Kier alpha value is -5.80. The fourth-order valence-corrected chi connectivity index (χ4v) is 6.89. The number of carbonyl (C=O) groups is 2. The molecule has 2 amide bonds. The first-order valence-corrected chi connectivity index (χ1v) is 21.4. The molecule has 5 aromatic rings. The molecular weight excluding hydrogens is 878 g/mol. The van der Waals surface area contributed by atoms with Gasteiger partial charge in [0, 0.05) is 31.7 Å². The minimum atomic E-state index is -0.370. The summed E-state index contributed by atoms with van der Waals surface area (Å²) in [5.41, 5.74) is 15.0.